The van der Waals surface area contributed by atoms with Crippen LogP contribution in [-0.2, 0) is 21.3 Å². The van der Waals surface area contributed by atoms with Crippen LogP contribution in [0.4, 0.5) is 0 Å². The normalized spacial score (nSPS) is 12.3. The van der Waals surface area contributed by atoms with Crippen molar-refractivity contribution < 1.29 is 17.6 Å². The van der Waals surface area contributed by atoms with E-state index in [1.165, 1.54) is 0 Å². The molecule has 6 nitrogen and oxygen atoms in total. The predicted octanol–water partition coefficient (Wildman–Crippen LogP) is 1.57. The van der Waals surface area contributed by atoms with Gasteiger partial charge in [0.1, 0.15) is 16.4 Å². The van der Waals surface area contributed by atoms with Crippen molar-refractivity contribution in [2.24, 2.45) is 5.92 Å². The smallest absolute Gasteiger partial charge is 0.244 e. The average Bonchev–Trinajstić information content (AvgIpc) is 2.64. The van der Waals surface area contributed by atoms with E-state index in [0.29, 0.717) is 42.8 Å². The number of ether oxygens (including phenoxy) is 1. The van der Waals surface area contributed by atoms with Gasteiger partial charge in [-0.2, -0.15) is 0 Å². The first-order chi connectivity index (χ1) is 9.79. The van der Waals surface area contributed by atoms with Gasteiger partial charge in [0.25, 0.3) is 0 Å². The summed E-state index contributed by atoms with van der Waals surface area (Å²) in [5.41, 5.74) is 0.672. The largest absolute Gasteiger partial charge is 0.465 e. The Hall–Kier alpha value is -0.890. The summed E-state index contributed by atoms with van der Waals surface area (Å²) in [6, 6.07) is 0. The molecule has 21 heavy (non-hydrogen) atoms. The zero-order chi connectivity index (χ0) is 16.0. The van der Waals surface area contributed by atoms with Crippen LogP contribution in [0.3, 0.4) is 0 Å². The van der Waals surface area contributed by atoms with Crippen LogP contribution < -0.4 is 10.0 Å². The lowest BCUT2D eigenvalue weighted by Gasteiger charge is -2.10. The fourth-order valence-electron chi connectivity index (χ4n) is 2.08. The quantitative estimate of drug-likeness (QED) is 0.676. The second-order valence-electron chi connectivity index (χ2n) is 5.42. The van der Waals surface area contributed by atoms with E-state index in [4.69, 9.17) is 9.15 Å². The minimum atomic E-state index is -3.59. The maximum absolute atomic E-state index is 12.4. The summed E-state index contributed by atoms with van der Waals surface area (Å²) in [6.07, 6.45) is 0. The molecule has 0 aliphatic carbocycles. The van der Waals surface area contributed by atoms with Gasteiger partial charge in [-0.25, -0.2) is 13.1 Å². The number of sulfonamides is 1. The SMILES string of the molecule is CNCc1c(C)oc(C)c1S(=O)(=O)NCCOCC(C)C. The molecule has 0 bridgehead atoms. The van der Waals surface area contributed by atoms with Crippen LogP contribution >= 0.6 is 0 Å². The number of aryl methyl sites for hydroxylation is 2. The average molecular weight is 318 g/mol. The molecule has 0 aliphatic heterocycles. The highest BCUT2D eigenvalue weighted by atomic mass is 32.2. The summed E-state index contributed by atoms with van der Waals surface area (Å²) in [5, 5.41) is 2.96. The summed E-state index contributed by atoms with van der Waals surface area (Å²) in [5.74, 6) is 1.47. The highest BCUT2D eigenvalue weighted by Gasteiger charge is 2.26. The van der Waals surface area contributed by atoms with E-state index in [-0.39, 0.29) is 11.4 Å². The molecule has 0 saturated heterocycles. The van der Waals surface area contributed by atoms with E-state index in [9.17, 15) is 8.42 Å². The Balaban J connectivity index is 2.74. The maximum Gasteiger partial charge on any atom is 0.244 e. The number of rotatable bonds is 9. The van der Waals surface area contributed by atoms with Crippen LogP contribution in [-0.4, -0.2) is 35.2 Å². The second-order valence-corrected chi connectivity index (χ2v) is 7.12. The first-order valence-electron chi connectivity index (χ1n) is 7.10. The Bertz CT molecular complexity index is 550. The van der Waals surface area contributed by atoms with Crippen LogP contribution in [0.1, 0.15) is 30.9 Å². The van der Waals surface area contributed by atoms with Gasteiger partial charge in [0.2, 0.25) is 10.0 Å². The van der Waals surface area contributed by atoms with Crippen molar-refractivity contribution in [3.8, 4) is 0 Å². The molecule has 1 rings (SSSR count). The van der Waals surface area contributed by atoms with Gasteiger partial charge in [0, 0.05) is 25.3 Å². The van der Waals surface area contributed by atoms with Crippen molar-refractivity contribution in [3.63, 3.8) is 0 Å². The van der Waals surface area contributed by atoms with E-state index in [1.807, 2.05) is 13.8 Å². The van der Waals surface area contributed by atoms with E-state index in [2.05, 4.69) is 10.0 Å². The summed E-state index contributed by atoms with van der Waals surface area (Å²) in [6.45, 7) is 9.20. The first-order valence-corrected chi connectivity index (χ1v) is 8.58. The molecule has 7 heteroatoms. The van der Waals surface area contributed by atoms with Gasteiger partial charge < -0.3 is 14.5 Å². The van der Waals surface area contributed by atoms with Crippen molar-refractivity contribution in [1.82, 2.24) is 10.0 Å². The summed E-state index contributed by atoms with van der Waals surface area (Å²) in [4.78, 5) is 0.234. The molecule has 1 aromatic heterocycles. The number of nitrogens with one attached hydrogen (secondary N) is 2. The van der Waals surface area contributed by atoms with Crippen molar-refractivity contribution in [1.29, 1.82) is 0 Å². The molecule has 0 radical (unpaired) electrons. The van der Waals surface area contributed by atoms with E-state index in [1.54, 1.807) is 20.9 Å². The third kappa shape index (κ3) is 5.10. The highest BCUT2D eigenvalue weighted by Crippen LogP contribution is 2.26. The lowest BCUT2D eigenvalue weighted by atomic mass is 10.2. The van der Waals surface area contributed by atoms with Crippen LogP contribution in [0.25, 0.3) is 0 Å². The topological polar surface area (TPSA) is 80.6 Å². The summed E-state index contributed by atoms with van der Waals surface area (Å²) < 4.78 is 38.2. The van der Waals surface area contributed by atoms with Gasteiger partial charge in [-0.05, 0) is 26.8 Å². The zero-order valence-electron chi connectivity index (χ0n) is 13.4. The lowest BCUT2D eigenvalue weighted by Crippen LogP contribution is -2.29. The maximum atomic E-state index is 12.4. The van der Waals surface area contributed by atoms with Gasteiger partial charge in [-0.15, -0.1) is 0 Å². The van der Waals surface area contributed by atoms with Crippen LogP contribution in [0.2, 0.25) is 0 Å². The van der Waals surface area contributed by atoms with Crippen molar-refractivity contribution in [2.45, 2.75) is 39.1 Å². The van der Waals surface area contributed by atoms with Gasteiger partial charge in [0.05, 0.1) is 6.61 Å². The van der Waals surface area contributed by atoms with E-state index in [0.717, 1.165) is 0 Å². The minimum Gasteiger partial charge on any atom is -0.465 e. The van der Waals surface area contributed by atoms with Gasteiger partial charge >= 0.3 is 0 Å². The molecule has 0 fully saturated rings. The number of furan rings is 1. The molecule has 1 aromatic rings. The standard InChI is InChI=1S/C14H26N2O4S/c1-10(2)9-19-7-6-16-21(17,18)14-12(4)20-11(3)13(14)8-15-5/h10,15-16H,6-9H2,1-5H3. The molecular formula is C14H26N2O4S. The molecule has 0 aliphatic rings. The third-order valence-corrected chi connectivity index (χ3v) is 4.59. The Morgan fingerprint density at radius 3 is 2.48 bits per heavy atom. The summed E-state index contributed by atoms with van der Waals surface area (Å²) >= 11 is 0. The van der Waals surface area contributed by atoms with Gasteiger partial charge in [-0.3, -0.25) is 0 Å². The van der Waals surface area contributed by atoms with E-state index < -0.39 is 10.0 Å². The third-order valence-electron chi connectivity index (χ3n) is 2.94. The fraction of sp³-hybridized carbons (Fsp3) is 0.714. The molecular weight excluding hydrogens is 292 g/mol. The highest BCUT2D eigenvalue weighted by molar-refractivity contribution is 7.89. The second kappa shape index (κ2) is 7.93. The molecule has 1 heterocycles. The minimum absolute atomic E-state index is 0.234. The number of hydrogen-bond donors (Lipinski definition) is 2. The van der Waals surface area contributed by atoms with Crippen molar-refractivity contribution in [3.05, 3.63) is 17.1 Å². The summed E-state index contributed by atoms with van der Waals surface area (Å²) in [7, 11) is -1.82. The molecule has 0 spiro atoms. The Morgan fingerprint density at radius 1 is 1.24 bits per heavy atom. The monoisotopic (exact) mass is 318 g/mol. The molecule has 0 atom stereocenters. The van der Waals surface area contributed by atoms with Crippen LogP contribution in [0.5, 0.6) is 0 Å². The Morgan fingerprint density at radius 2 is 1.90 bits per heavy atom. The Labute approximate surface area is 127 Å². The van der Waals surface area contributed by atoms with Crippen LogP contribution in [0.15, 0.2) is 9.31 Å². The predicted molar refractivity (Wildman–Crippen MR) is 81.8 cm³/mol. The number of hydrogen-bond acceptors (Lipinski definition) is 5. The van der Waals surface area contributed by atoms with Crippen LogP contribution in [0, 0.1) is 19.8 Å². The first kappa shape index (κ1) is 18.2. The van der Waals surface area contributed by atoms with Gasteiger partial charge in [-0.1, -0.05) is 13.8 Å². The van der Waals surface area contributed by atoms with Gasteiger partial charge in [0.15, 0.2) is 0 Å². The molecule has 2 N–H and O–H groups in total. The molecule has 0 aromatic carbocycles. The van der Waals surface area contributed by atoms with Crippen molar-refractivity contribution >= 4 is 10.0 Å². The van der Waals surface area contributed by atoms with E-state index >= 15 is 0 Å². The van der Waals surface area contributed by atoms with Crippen molar-refractivity contribution in [2.75, 3.05) is 26.8 Å². The fourth-order valence-corrected chi connectivity index (χ4v) is 3.54. The lowest BCUT2D eigenvalue weighted by molar-refractivity contribution is 0.114. The molecule has 0 saturated carbocycles. The molecule has 0 amide bonds. The Kier molecular flexibility index (Phi) is 6.86. The zero-order valence-corrected chi connectivity index (χ0v) is 14.3. The molecule has 0 unspecified atom stereocenters. The molecule has 122 valence electrons.